The summed E-state index contributed by atoms with van der Waals surface area (Å²) in [6, 6.07) is 7.71. The summed E-state index contributed by atoms with van der Waals surface area (Å²) in [6.45, 7) is 3.62. The molecule has 3 heteroatoms. The van der Waals surface area contributed by atoms with Gasteiger partial charge in [0.25, 0.3) is 5.91 Å². The standard InChI is InChI=1S/C14H20N2O/c1-2-15-14(17)12-7-4-8-13(9-12)16-10-11-5-3-6-11/h4,7-9,11,16H,2-3,5-6,10H2,1H3,(H,15,17). The molecule has 1 fully saturated rings. The Bertz CT molecular complexity index is 386. The lowest BCUT2D eigenvalue weighted by Gasteiger charge is -2.25. The highest BCUT2D eigenvalue weighted by atomic mass is 16.1. The van der Waals surface area contributed by atoms with E-state index in [0.717, 1.165) is 23.7 Å². The molecule has 1 amide bonds. The molecule has 1 aromatic rings. The number of benzene rings is 1. The van der Waals surface area contributed by atoms with E-state index in [1.165, 1.54) is 19.3 Å². The Kier molecular flexibility index (Phi) is 4.02. The molecule has 1 aromatic carbocycles. The van der Waals surface area contributed by atoms with Crippen LogP contribution in [0.25, 0.3) is 0 Å². The predicted molar refractivity (Wildman–Crippen MR) is 70.3 cm³/mol. The molecule has 1 saturated carbocycles. The van der Waals surface area contributed by atoms with Crippen molar-refractivity contribution in [1.29, 1.82) is 0 Å². The number of carbonyl (C=O) groups excluding carboxylic acids is 1. The van der Waals surface area contributed by atoms with Gasteiger partial charge in [-0.3, -0.25) is 4.79 Å². The molecule has 1 aliphatic carbocycles. The number of nitrogens with one attached hydrogen (secondary N) is 2. The Hall–Kier alpha value is -1.51. The second-order valence-electron chi connectivity index (χ2n) is 4.62. The van der Waals surface area contributed by atoms with Crippen LogP contribution in [0.5, 0.6) is 0 Å². The normalized spacial score (nSPS) is 15.1. The van der Waals surface area contributed by atoms with Crippen LogP contribution in [-0.4, -0.2) is 19.0 Å². The first-order valence-electron chi connectivity index (χ1n) is 6.41. The smallest absolute Gasteiger partial charge is 0.251 e. The zero-order valence-electron chi connectivity index (χ0n) is 10.3. The lowest BCUT2D eigenvalue weighted by Crippen LogP contribution is -2.23. The predicted octanol–water partition coefficient (Wildman–Crippen LogP) is 2.65. The van der Waals surface area contributed by atoms with Crippen molar-refractivity contribution in [3.8, 4) is 0 Å². The summed E-state index contributed by atoms with van der Waals surface area (Å²) >= 11 is 0. The molecule has 1 aliphatic rings. The van der Waals surface area contributed by atoms with E-state index < -0.39 is 0 Å². The van der Waals surface area contributed by atoms with E-state index in [4.69, 9.17) is 0 Å². The number of carbonyl (C=O) groups is 1. The molecule has 0 saturated heterocycles. The Morgan fingerprint density at radius 1 is 1.41 bits per heavy atom. The van der Waals surface area contributed by atoms with Crippen molar-refractivity contribution in [2.24, 2.45) is 5.92 Å². The number of anilines is 1. The number of amides is 1. The van der Waals surface area contributed by atoms with Gasteiger partial charge in [0.1, 0.15) is 0 Å². The fourth-order valence-corrected chi connectivity index (χ4v) is 1.99. The molecule has 0 bridgehead atoms. The number of rotatable bonds is 5. The summed E-state index contributed by atoms with van der Waals surface area (Å²) in [7, 11) is 0. The molecule has 0 radical (unpaired) electrons. The van der Waals surface area contributed by atoms with Crippen molar-refractivity contribution in [3.05, 3.63) is 29.8 Å². The van der Waals surface area contributed by atoms with E-state index in [2.05, 4.69) is 10.6 Å². The lowest BCUT2D eigenvalue weighted by molar-refractivity contribution is 0.0956. The monoisotopic (exact) mass is 232 g/mol. The molecule has 3 nitrogen and oxygen atoms in total. The zero-order chi connectivity index (χ0) is 12.1. The van der Waals surface area contributed by atoms with Gasteiger partial charge in [-0.05, 0) is 43.9 Å². The summed E-state index contributed by atoms with van der Waals surface area (Å²) in [5.74, 6) is 0.822. The average molecular weight is 232 g/mol. The van der Waals surface area contributed by atoms with Crippen molar-refractivity contribution in [2.75, 3.05) is 18.4 Å². The Balaban J connectivity index is 1.92. The minimum Gasteiger partial charge on any atom is -0.385 e. The molecular formula is C14H20N2O. The third-order valence-corrected chi connectivity index (χ3v) is 3.28. The number of hydrogen-bond acceptors (Lipinski definition) is 2. The fraction of sp³-hybridized carbons (Fsp3) is 0.500. The molecule has 17 heavy (non-hydrogen) atoms. The molecular weight excluding hydrogens is 212 g/mol. The second-order valence-corrected chi connectivity index (χ2v) is 4.62. The highest BCUT2D eigenvalue weighted by molar-refractivity contribution is 5.95. The van der Waals surface area contributed by atoms with Gasteiger partial charge >= 0.3 is 0 Å². The maximum absolute atomic E-state index is 11.7. The molecule has 0 aromatic heterocycles. The van der Waals surface area contributed by atoms with Gasteiger partial charge in [-0.15, -0.1) is 0 Å². The Morgan fingerprint density at radius 2 is 2.24 bits per heavy atom. The van der Waals surface area contributed by atoms with E-state index >= 15 is 0 Å². The van der Waals surface area contributed by atoms with E-state index in [1.807, 2.05) is 31.2 Å². The van der Waals surface area contributed by atoms with Gasteiger partial charge in [0, 0.05) is 24.3 Å². The zero-order valence-corrected chi connectivity index (χ0v) is 10.3. The molecule has 92 valence electrons. The largest absolute Gasteiger partial charge is 0.385 e. The van der Waals surface area contributed by atoms with Crippen molar-refractivity contribution >= 4 is 11.6 Å². The van der Waals surface area contributed by atoms with Crippen molar-refractivity contribution in [1.82, 2.24) is 5.32 Å². The molecule has 2 N–H and O–H groups in total. The summed E-state index contributed by atoms with van der Waals surface area (Å²) < 4.78 is 0. The maximum atomic E-state index is 11.7. The van der Waals surface area contributed by atoms with E-state index in [0.29, 0.717) is 6.54 Å². The summed E-state index contributed by atoms with van der Waals surface area (Å²) in [6.07, 6.45) is 4.04. The van der Waals surface area contributed by atoms with Gasteiger partial charge in [0.05, 0.1) is 0 Å². The van der Waals surface area contributed by atoms with Crippen LogP contribution in [0.4, 0.5) is 5.69 Å². The number of hydrogen-bond donors (Lipinski definition) is 2. The summed E-state index contributed by atoms with van der Waals surface area (Å²) in [4.78, 5) is 11.7. The highest BCUT2D eigenvalue weighted by Crippen LogP contribution is 2.26. The Labute approximate surface area is 103 Å². The summed E-state index contributed by atoms with van der Waals surface area (Å²) in [5.41, 5.74) is 1.77. The van der Waals surface area contributed by atoms with Crippen LogP contribution in [0, 0.1) is 5.92 Å². The molecule has 0 spiro atoms. The van der Waals surface area contributed by atoms with Crippen molar-refractivity contribution in [3.63, 3.8) is 0 Å². The van der Waals surface area contributed by atoms with Gasteiger partial charge < -0.3 is 10.6 Å². The van der Waals surface area contributed by atoms with Crippen LogP contribution in [0.3, 0.4) is 0 Å². The minimum atomic E-state index is -0.000191. The van der Waals surface area contributed by atoms with Crippen LogP contribution in [0.1, 0.15) is 36.5 Å². The van der Waals surface area contributed by atoms with E-state index in [-0.39, 0.29) is 5.91 Å². The van der Waals surface area contributed by atoms with Crippen LogP contribution in [0.15, 0.2) is 24.3 Å². The Morgan fingerprint density at radius 3 is 2.88 bits per heavy atom. The van der Waals surface area contributed by atoms with E-state index in [9.17, 15) is 4.79 Å². The average Bonchev–Trinajstić information content (AvgIpc) is 2.28. The van der Waals surface area contributed by atoms with Crippen LogP contribution >= 0.6 is 0 Å². The van der Waals surface area contributed by atoms with Crippen molar-refractivity contribution < 1.29 is 4.79 Å². The first-order valence-corrected chi connectivity index (χ1v) is 6.41. The topological polar surface area (TPSA) is 41.1 Å². The second kappa shape index (κ2) is 5.71. The van der Waals surface area contributed by atoms with Gasteiger partial charge in [-0.2, -0.15) is 0 Å². The van der Waals surface area contributed by atoms with Gasteiger partial charge in [0.2, 0.25) is 0 Å². The van der Waals surface area contributed by atoms with E-state index in [1.54, 1.807) is 0 Å². The summed E-state index contributed by atoms with van der Waals surface area (Å²) in [5, 5.41) is 6.21. The maximum Gasteiger partial charge on any atom is 0.251 e. The molecule has 0 atom stereocenters. The fourth-order valence-electron chi connectivity index (χ4n) is 1.99. The lowest BCUT2D eigenvalue weighted by atomic mass is 9.85. The first kappa shape index (κ1) is 12.0. The van der Waals surface area contributed by atoms with Crippen LogP contribution in [-0.2, 0) is 0 Å². The van der Waals surface area contributed by atoms with Gasteiger partial charge in [-0.25, -0.2) is 0 Å². The molecule has 2 rings (SSSR count). The molecule has 0 unspecified atom stereocenters. The van der Waals surface area contributed by atoms with Gasteiger partial charge in [0.15, 0.2) is 0 Å². The quantitative estimate of drug-likeness (QED) is 0.819. The minimum absolute atomic E-state index is 0.000191. The third kappa shape index (κ3) is 3.22. The first-order chi connectivity index (χ1) is 8.29. The van der Waals surface area contributed by atoms with Crippen LogP contribution < -0.4 is 10.6 Å². The van der Waals surface area contributed by atoms with Crippen molar-refractivity contribution in [2.45, 2.75) is 26.2 Å². The third-order valence-electron chi connectivity index (χ3n) is 3.28. The van der Waals surface area contributed by atoms with Crippen LogP contribution in [0.2, 0.25) is 0 Å². The SMILES string of the molecule is CCNC(=O)c1cccc(NCC2CCC2)c1. The van der Waals surface area contributed by atoms with Gasteiger partial charge in [-0.1, -0.05) is 12.5 Å². The molecule has 0 heterocycles. The highest BCUT2D eigenvalue weighted by Gasteiger charge is 2.16. The molecule has 0 aliphatic heterocycles.